The fourth-order valence-corrected chi connectivity index (χ4v) is 0. The Labute approximate surface area is 125 Å². The van der Waals surface area contributed by atoms with E-state index in [0.29, 0.717) is 0 Å². The van der Waals surface area contributed by atoms with Gasteiger partial charge in [0.05, 0.1) is 0 Å². The standard InChI is InChI=1S/C2H3O.CH4.2CH3.W.2Y/c1-2-3;;;;;;/h1H3;1H4;2*1H3;;;/q-1;;2*-1;;;. The maximum Gasteiger partial charge on any atom is 0 e. The van der Waals surface area contributed by atoms with Gasteiger partial charge in [0.2, 0.25) is 0 Å². The maximum absolute atomic E-state index is 8.68. The molecule has 0 unspecified atom stereocenters. The molecule has 0 rings (SSSR count). The van der Waals surface area contributed by atoms with Crippen LogP contribution in [-0.2, 0) is 91.3 Å². The van der Waals surface area contributed by atoms with Gasteiger partial charge in [0, 0.05) is 86.5 Å². The second kappa shape index (κ2) is 76.0. The molecule has 1 nitrogen and oxygen atoms in total. The Morgan fingerprint density at radius 1 is 1.11 bits per heavy atom. The van der Waals surface area contributed by atoms with Gasteiger partial charge < -0.3 is 19.6 Å². The summed E-state index contributed by atoms with van der Waals surface area (Å²) in [6, 6.07) is 0. The molecule has 0 aromatic rings. The Hall–Kier alpha value is 2.57. The molecule has 54 valence electrons. The summed E-state index contributed by atoms with van der Waals surface area (Å²) in [5, 5.41) is 0. The second-order valence-electron chi connectivity index (χ2n) is 0.204. The second-order valence-corrected chi connectivity index (χ2v) is 0.204. The first-order valence-electron chi connectivity index (χ1n) is 0.704. The third-order valence-electron chi connectivity index (χ3n) is 0. The van der Waals surface area contributed by atoms with E-state index < -0.39 is 0 Å². The summed E-state index contributed by atoms with van der Waals surface area (Å²) in [5.41, 5.74) is 0. The van der Waals surface area contributed by atoms with Crippen molar-refractivity contribution in [1.29, 1.82) is 0 Å². The van der Waals surface area contributed by atoms with Crippen LogP contribution in [0.3, 0.4) is 0 Å². The molecule has 0 atom stereocenters. The zero-order chi connectivity index (χ0) is 2.71. The number of carbonyl (C=O) groups excluding carboxylic acids is 1. The summed E-state index contributed by atoms with van der Waals surface area (Å²) < 4.78 is 0. The van der Waals surface area contributed by atoms with Crippen molar-refractivity contribution in [2.45, 2.75) is 14.4 Å². The molecule has 0 heterocycles. The van der Waals surface area contributed by atoms with Crippen LogP contribution in [0.1, 0.15) is 14.4 Å². The van der Waals surface area contributed by atoms with E-state index >= 15 is 0 Å². The van der Waals surface area contributed by atoms with Crippen molar-refractivity contribution < 1.29 is 91.3 Å². The van der Waals surface area contributed by atoms with E-state index in [1.807, 2.05) is 0 Å². The SMILES string of the molecule is C.C[C-]=O.[CH3-].[CH3-].[W].[Y].[Y]. The third kappa shape index (κ3) is 118. The summed E-state index contributed by atoms with van der Waals surface area (Å²) in [6.45, 7) is 1.32. The van der Waals surface area contributed by atoms with Gasteiger partial charge in [-0.15, -0.1) is 0 Å². The molecule has 0 aromatic heterocycles. The molecule has 0 bridgehead atoms. The average molecular weight is 451 g/mol. The van der Waals surface area contributed by atoms with Crippen LogP contribution in [0.4, 0.5) is 0 Å². The van der Waals surface area contributed by atoms with Crippen LogP contribution < -0.4 is 0 Å². The first-order valence-corrected chi connectivity index (χ1v) is 0.704. The van der Waals surface area contributed by atoms with Gasteiger partial charge in [-0.1, -0.05) is 7.43 Å². The maximum atomic E-state index is 8.68. The molecular weight excluding hydrogens is 438 g/mol. The molecular formula is C5H13OWY2-3. The summed E-state index contributed by atoms with van der Waals surface area (Å²) in [4.78, 5) is 8.68. The average Bonchev–Trinajstić information content (AvgIpc) is 0.918. The molecule has 0 saturated carbocycles. The van der Waals surface area contributed by atoms with E-state index in [0.717, 1.165) is 0 Å². The molecule has 0 N–H and O–H groups in total. The largest absolute Gasteiger partial charge is 0.542 e. The van der Waals surface area contributed by atoms with Crippen LogP contribution in [-0.4, -0.2) is 6.29 Å². The molecule has 2 radical (unpaired) electrons. The topological polar surface area (TPSA) is 17.1 Å². The van der Waals surface area contributed by atoms with Crippen molar-refractivity contribution in [3.05, 3.63) is 14.9 Å². The summed E-state index contributed by atoms with van der Waals surface area (Å²) in [6.07, 6.45) is 1.50. The first kappa shape index (κ1) is 61.9. The predicted octanol–water partition coefficient (Wildman–Crippen LogP) is 1.65. The van der Waals surface area contributed by atoms with Crippen molar-refractivity contribution in [2.75, 3.05) is 0 Å². The van der Waals surface area contributed by atoms with Crippen LogP contribution in [0.25, 0.3) is 0 Å². The molecule has 0 aliphatic carbocycles. The van der Waals surface area contributed by atoms with Crippen molar-refractivity contribution in [2.24, 2.45) is 0 Å². The Bertz CT molecular complexity index is 22.4. The smallest absolute Gasteiger partial charge is 0 e. The molecule has 0 aromatic carbocycles. The zero-order valence-electron chi connectivity index (χ0n) is 5.47. The molecule has 0 aliphatic rings. The van der Waals surface area contributed by atoms with Gasteiger partial charge in [-0.25, -0.2) is 0 Å². The molecule has 0 fully saturated rings. The van der Waals surface area contributed by atoms with Gasteiger partial charge in [0.15, 0.2) is 0 Å². The molecule has 0 amide bonds. The number of hydrogen-bond acceptors (Lipinski definition) is 1. The van der Waals surface area contributed by atoms with Gasteiger partial charge in [0.25, 0.3) is 0 Å². The molecule has 4 heteroatoms. The quantitative estimate of drug-likeness (QED) is 0.513. The van der Waals surface area contributed by atoms with Crippen LogP contribution >= 0.6 is 0 Å². The van der Waals surface area contributed by atoms with Crippen LogP contribution in [0.2, 0.25) is 0 Å². The predicted molar refractivity (Wildman–Crippen MR) is 30.9 cm³/mol. The van der Waals surface area contributed by atoms with Crippen molar-refractivity contribution in [3.63, 3.8) is 0 Å². The van der Waals surface area contributed by atoms with E-state index in [1.54, 1.807) is 0 Å². The van der Waals surface area contributed by atoms with E-state index in [9.17, 15) is 0 Å². The van der Waals surface area contributed by atoms with Gasteiger partial charge >= 0.3 is 0 Å². The van der Waals surface area contributed by atoms with Gasteiger partial charge in [-0.2, -0.15) is 6.92 Å². The van der Waals surface area contributed by atoms with Crippen LogP contribution in [0.15, 0.2) is 0 Å². The van der Waals surface area contributed by atoms with Crippen molar-refractivity contribution in [1.82, 2.24) is 0 Å². The minimum Gasteiger partial charge on any atom is -0.542 e. The van der Waals surface area contributed by atoms with E-state index in [-0.39, 0.29) is 109 Å². The van der Waals surface area contributed by atoms with Crippen molar-refractivity contribution >= 4 is 6.29 Å². The van der Waals surface area contributed by atoms with Gasteiger partial charge in [0.1, 0.15) is 0 Å². The van der Waals surface area contributed by atoms with E-state index in [2.05, 4.69) is 0 Å². The zero-order valence-corrected chi connectivity index (χ0v) is 14.1. The Morgan fingerprint density at radius 3 is 1.11 bits per heavy atom. The normalized spacial score (nSPS) is 1.44. The van der Waals surface area contributed by atoms with Crippen LogP contribution in [0, 0.1) is 14.9 Å². The van der Waals surface area contributed by atoms with Crippen molar-refractivity contribution in [3.8, 4) is 0 Å². The minimum absolute atomic E-state index is 0. The number of rotatable bonds is 0. The summed E-state index contributed by atoms with van der Waals surface area (Å²) >= 11 is 0. The Kier molecular flexibility index (Phi) is 523. The molecule has 0 saturated heterocycles. The van der Waals surface area contributed by atoms with Crippen LogP contribution in [0.5, 0.6) is 0 Å². The summed E-state index contributed by atoms with van der Waals surface area (Å²) in [5.74, 6) is 0. The third-order valence-corrected chi connectivity index (χ3v) is 0. The Balaban J connectivity index is -0.00000000133. The fourth-order valence-electron chi connectivity index (χ4n) is 0. The Morgan fingerprint density at radius 2 is 1.11 bits per heavy atom. The first-order chi connectivity index (χ1) is 1.41. The number of hydrogen-bond donors (Lipinski definition) is 0. The van der Waals surface area contributed by atoms with Gasteiger partial charge in [-0.05, 0) is 0 Å². The molecule has 0 spiro atoms. The van der Waals surface area contributed by atoms with E-state index in [4.69, 9.17) is 4.79 Å². The van der Waals surface area contributed by atoms with Gasteiger partial charge in [-0.3, -0.25) is 6.29 Å². The fraction of sp³-hybridized carbons (Fsp3) is 0.400. The molecule has 9 heavy (non-hydrogen) atoms. The summed E-state index contributed by atoms with van der Waals surface area (Å²) in [7, 11) is 0. The minimum atomic E-state index is 0. The van der Waals surface area contributed by atoms with E-state index in [1.165, 1.54) is 13.2 Å². The molecule has 0 aliphatic heterocycles. The monoisotopic (exact) mass is 451 g/mol.